The maximum Gasteiger partial charge on any atom is 0.418 e. The molecule has 0 aliphatic rings. The fourth-order valence-electron chi connectivity index (χ4n) is 1.80. The van der Waals surface area contributed by atoms with E-state index in [4.69, 9.17) is 4.42 Å². The molecule has 0 radical (unpaired) electrons. The van der Waals surface area contributed by atoms with E-state index >= 15 is 0 Å². The third-order valence-electron chi connectivity index (χ3n) is 2.69. The van der Waals surface area contributed by atoms with E-state index in [0.717, 1.165) is 6.07 Å². The molecule has 0 aliphatic heterocycles. The number of hydrogen-bond acceptors (Lipinski definition) is 4. The van der Waals surface area contributed by atoms with Gasteiger partial charge in [0, 0.05) is 10.7 Å². The van der Waals surface area contributed by atoms with Crippen molar-refractivity contribution < 1.29 is 17.6 Å². The molecule has 1 N–H and O–H groups in total. The van der Waals surface area contributed by atoms with Gasteiger partial charge in [0.15, 0.2) is 5.58 Å². The summed E-state index contributed by atoms with van der Waals surface area (Å²) in [5.41, 5.74) is -0.235. The largest absolute Gasteiger partial charge is 0.422 e. The van der Waals surface area contributed by atoms with Crippen LogP contribution in [0.4, 0.5) is 24.9 Å². The molecule has 0 unspecified atom stereocenters. The Morgan fingerprint density at radius 2 is 2.00 bits per heavy atom. The first-order valence-electron chi connectivity index (χ1n) is 5.79. The molecule has 0 fully saturated rings. The predicted molar refractivity (Wildman–Crippen MR) is 74.2 cm³/mol. The first-order chi connectivity index (χ1) is 9.93. The van der Waals surface area contributed by atoms with Gasteiger partial charge in [-0.2, -0.15) is 18.2 Å². The molecule has 0 saturated heterocycles. The molecule has 21 heavy (non-hydrogen) atoms. The van der Waals surface area contributed by atoms with E-state index in [1.54, 1.807) is 12.1 Å². The molecule has 1 aromatic carbocycles. The number of anilines is 2. The molecule has 4 nitrogen and oxygen atoms in total. The first kappa shape index (κ1) is 13.9. The molecule has 0 bridgehead atoms. The SMILES string of the molecule is FC(F)(F)c1cc(Br)ccc1Nc1nc2ncccc2o1. The molecule has 2 aromatic heterocycles. The highest BCUT2D eigenvalue weighted by atomic mass is 79.9. The number of oxazole rings is 1. The highest BCUT2D eigenvalue weighted by Gasteiger charge is 2.34. The Balaban J connectivity index is 2.01. The molecule has 0 saturated carbocycles. The van der Waals surface area contributed by atoms with Gasteiger partial charge in [-0.3, -0.25) is 0 Å². The minimum absolute atomic E-state index is 0.0449. The van der Waals surface area contributed by atoms with Crippen molar-refractivity contribution >= 4 is 38.9 Å². The lowest BCUT2D eigenvalue weighted by atomic mass is 10.1. The smallest absolute Gasteiger partial charge is 0.418 e. The van der Waals surface area contributed by atoms with E-state index in [1.807, 2.05) is 0 Å². The summed E-state index contributed by atoms with van der Waals surface area (Å²) < 4.78 is 44.7. The van der Waals surface area contributed by atoms with E-state index in [2.05, 4.69) is 31.2 Å². The Morgan fingerprint density at radius 3 is 2.71 bits per heavy atom. The lowest BCUT2D eigenvalue weighted by Gasteiger charge is -2.13. The zero-order valence-corrected chi connectivity index (χ0v) is 11.9. The summed E-state index contributed by atoms with van der Waals surface area (Å²) in [7, 11) is 0. The number of alkyl halides is 3. The Hall–Kier alpha value is -2.09. The average Bonchev–Trinajstić information content (AvgIpc) is 2.82. The van der Waals surface area contributed by atoms with E-state index < -0.39 is 11.7 Å². The fraction of sp³-hybridized carbons (Fsp3) is 0.0769. The van der Waals surface area contributed by atoms with Gasteiger partial charge in [0.1, 0.15) is 0 Å². The molecule has 0 aliphatic carbocycles. The predicted octanol–water partition coefficient (Wildman–Crippen LogP) is 4.75. The number of fused-ring (bicyclic) bond motifs is 1. The van der Waals surface area contributed by atoms with Crippen LogP contribution in [0, 0.1) is 0 Å². The van der Waals surface area contributed by atoms with Crippen LogP contribution in [0.3, 0.4) is 0 Å². The Bertz CT molecular complexity index is 768. The van der Waals surface area contributed by atoms with E-state index in [0.29, 0.717) is 15.7 Å². The highest BCUT2D eigenvalue weighted by Crippen LogP contribution is 2.37. The van der Waals surface area contributed by atoms with E-state index in [9.17, 15) is 13.2 Å². The van der Waals surface area contributed by atoms with Crippen molar-refractivity contribution in [2.75, 3.05) is 5.32 Å². The number of rotatable bonds is 2. The molecular weight excluding hydrogens is 351 g/mol. The highest BCUT2D eigenvalue weighted by molar-refractivity contribution is 9.10. The maximum absolute atomic E-state index is 13.0. The maximum atomic E-state index is 13.0. The van der Waals surface area contributed by atoms with Gasteiger partial charge in [0.05, 0.1) is 11.3 Å². The van der Waals surface area contributed by atoms with Gasteiger partial charge in [0.25, 0.3) is 0 Å². The molecular formula is C13H7BrF3N3O. The van der Waals surface area contributed by atoms with E-state index in [1.165, 1.54) is 18.3 Å². The molecule has 3 aromatic rings. The van der Waals surface area contributed by atoms with Crippen molar-refractivity contribution in [3.05, 3.63) is 46.6 Å². The van der Waals surface area contributed by atoms with Gasteiger partial charge in [-0.25, -0.2) is 4.98 Å². The van der Waals surface area contributed by atoms with Gasteiger partial charge < -0.3 is 9.73 Å². The van der Waals surface area contributed by atoms with Crippen LogP contribution in [0.2, 0.25) is 0 Å². The van der Waals surface area contributed by atoms with E-state index in [-0.39, 0.29) is 11.7 Å². The van der Waals surface area contributed by atoms with Crippen molar-refractivity contribution in [1.29, 1.82) is 0 Å². The van der Waals surface area contributed by atoms with Gasteiger partial charge >= 0.3 is 12.2 Å². The molecule has 0 atom stereocenters. The van der Waals surface area contributed by atoms with Crippen molar-refractivity contribution in [2.45, 2.75) is 6.18 Å². The number of aromatic nitrogens is 2. The molecule has 8 heteroatoms. The molecule has 3 rings (SSSR count). The lowest BCUT2D eigenvalue weighted by Crippen LogP contribution is -2.08. The Kier molecular flexibility index (Phi) is 3.32. The number of pyridine rings is 1. The second-order valence-corrected chi connectivity index (χ2v) is 5.07. The van der Waals surface area contributed by atoms with Gasteiger partial charge in [-0.1, -0.05) is 15.9 Å². The number of nitrogens with one attached hydrogen (secondary N) is 1. The summed E-state index contributed by atoms with van der Waals surface area (Å²) in [4.78, 5) is 7.94. The van der Waals surface area contributed by atoms with Gasteiger partial charge in [-0.15, -0.1) is 0 Å². The second kappa shape index (κ2) is 5.03. The van der Waals surface area contributed by atoms with Crippen LogP contribution in [0.15, 0.2) is 45.4 Å². The Morgan fingerprint density at radius 1 is 1.19 bits per heavy atom. The lowest BCUT2D eigenvalue weighted by molar-refractivity contribution is -0.137. The van der Waals surface area contributed by atoms with Crippen molar-refractivity contribution in [2.24, 2.45) is 0 Å². The first-order valence-corrected chi connectivity index (χ1v) is 6.58. The third-order valence-corrected chi connectivity index (χ3v) is 3.19. The topological polar surface area (TPSA) is 51.0 Å². The molecule has 2 heterocycles. The summed E-state index contributed by atoms with van der Waals surface area (Å²) >= 11 is 3.03. The summed E-state index contributed by atoms with van der Waals surface area (Å²) in [6.07, 6.45) is -2.97. The zero-order valence-electron chi connectivity index (χ0n) is 10.3. The van der Waals surface area contributed by atoms with Gasteiger partial charge in [-0.05, 0) is 30.3 Å². The minimum Gasteiger partial charge on any atom is -0.422 e. The van der Waals surface area contributed by atoms with Crippen LogP contribution in [0.5, 0.6) is 0 Å². The zero-order chi connectivity index (χ0) is 15.0. The summed E-state index contributed by atoms with van der Waals surface area (Å²) in [6.45, 7) is 0. The monoisotopic (exact) mass is 357 g/mol. The average molecular weight is 358 g/mol. The van der Waals surface area contributed by atoms with Crippen molar-refractivity contribution in [1.82, 2.24) is 9.97 Å². The number of benzene rings is 1. The second-order valence-electron chi connectivity index (χ2n) is 4.16. The van der Waals surface area contributed by atoms with Crippen LogP contribution < -0.4 is 5.32 Å². The fourth-order valence-corrected chi connectivity index (χ4v) is 2.16. The van der Waals surface area contributed by atoms with Crippen LogP contribution in [0.1, 0.15) is 5.56 Å². The van der Waals surface area contributed by atoms with Crippen molar-refractivity contribution in [3.8, 4) is 0 Å². The molecule has 108 valence electrons. The van der Waals surface area contributed by atoms with Crippen LogP contribution in [-0.4, -0.2) is 9.97 Å². The molecule has 0 amide bonds. The van der Waals surface area contributed by atoms with Crippen LogP contribution in [-0.2, 0) is 6.18 Å². The third kappa shape index (κ3) is 2.85. The Labute approximate surface area is 125 Å². The summed E-state index contributed by atoms with van der Waals surface area (Å²) in [5, 5.41) is 2.54. The van der Waals surface area contributed by atoms with Crippen molar-refractivity contribution in [3.63, 3.8) is 0 Å². The minimum atomic E-state index is -4.49. The molecule has 0 spiro atoms. The summed E-state index contributed by atoms with van der Waals surface area (Å²) in [6, 6.07) is 7.03. The van der Waals surface area contributed by atoms with Crippen LogP contribution in [0.25, 0.3) is 11.2 Å². The standard InChI is InChI=1S/C13H7BrF3N3O/c14-7-3-4-9(8(6-7)13(15,16)17)19-12-20-11-10(21-12)2-1-5-18-11/h1-6H,(H,18,19,20). The number of hydrogen-bond donors (Lipinski definition) is 1. The summed E-state index contributed by atoms with van der Waals surface area (Å²) in [5.74, 6) is 0. The van der Waals surface area contributed by atoms with Gasteiger partial charge in [0.2, 0.25) is 5.65 Å². The number of nitrogens with zero attached hydrogens (tertiary/aromatic N) is 2. The quantitative estimate of drug-likeness (QED) is 0.719. The normalized spacial score (nSPS) is 11.8. The van der Waals surface area contributed by atoms with Crippen LogP contribution >= 0.6 is 15.9 Å². The number of halogens is 4.